The van der Waals surface area contributed by atoms with E-state index in [4.69, 9.17) is 11.6 Å². The molecule has 0 radical (unpaired) electrons. The van der Waals surface area contributed by atoms with E-state index in [2.05, 4.69) is 32.0 Å². The molecule has 3 heterocycles. The Morgan fingerprint density at radius 1 is 1.38 bits per heavy atom. The molecule has 24 heavy (non-hydrogen) atoms. The number of piperidine rings is 1. The van der Waals surface area contributed by atoms with Crippen LogP contribution in [0.1, 0.15) is 23.2 Å². The molecule has 0 saturated carbocycles. The standard InChI is InChI=1S/C16H19ClN6O/c1-2-5-22-6-3-13(4-7-22)21-16(24)12-8-14(17)15(18-9-12)23-10-19-20-11-23/h2,8-11,13H,1,3-7H2,(H,21,24). The lowest BCUT2D eigenvalue weighted by atomic mass is 10.0. The van der Waals surface area contributed by atoms with Crippen molar-refractivity contribution in [2.24, 2.45) is 0 Å². The number of aromatic nitrogens is 4. The third kappa shape index (κ3) is 3.80. The number of hydrogen-bond acceptors (Lipinski definition) is 5. The van der Waals surface area contributed by atoms with Gasteiger partial charge in [-0.1, -0.05) is 17.7 Å². The van der Waals surface area contributed by atoms with Crippen molar-refractivity contribution in [1.29, 1.82) is 0 Å². The lowest BCUT2D eigenvalue weighted by molar-refractivity contribution is 0.0913. The van der Waals surface area contributed by atoms with Crippen LogP contribution >= 0.6 is 11.6 Å². The first-order valence-electron chi connectivity index (χ1n) is 7.82. The number of carbonyl (C=O) groups excluding carboxylic acids is 1. The smallest absolute Gasteiger partial charge is 0.253 e. The number of nitrogens with one attached hydrogen (secondary N) is 1. The summed E-state index contributed by atoms with van der Waals surface area (Å²) >= 11 is 6.23. The second kappa shape index (κ2) is 7.55. The van der Waals surface area contributed by atoms with Gasteiger partial charge in [-0.05, 0) is 18.9 Å². The Morgan fingerprint density at radius 2 is 2.08 bits per heavy atom. The molecule has 1 aliphatic heterocycles. The van der Waals surface area contributed by atoms with Crippen LogP contribution in [0.4, 0.5) is 0 Å². The molecule has 0 atom stereocenters. The number of likely N-dealkylation sites (tertiary alicyclic amines) is 1. The van der Waals surface area contributed by atoms with Gasteiger partial charge in [-0.15, -0.1) is 16.8 Å². The molecule has 2 aromatic heterocycles. The van der Waals surface area contributed by atoms with E-state index in [1.165, 1.54) is 18.9 Å². The lowest BCUT2D eigenvalue weighted by Gasteiger charge is -2.31. The third-order valence-corrected chi connectivity index (χ3v) is 4.34. The molecule has 0 spiro atoms. The number of carbonyl (C=O) groups is 1. The van der Waals surface area contributed by atoms with E-state index in [0.717, 1.165) is 32.5 Å². The summed E-state index contributed by atoms with van der Waals surface area (Å²) < 4.78 is 1.60. The number of nitrogens with zero attached hydrogens (tertiary/aromatic N) is 5. The van der Waals surface area contributed by atoms with Crippen molar-refractivity contribution in [2.75, 3.05) is 19.6 Å². The minimum atomic E-state index is -0.151. The first kappa shape index (κ1) is 16.6. The fraction of sp³-hybridized carbons (Fsp3) is 0.375. The van der Waals surface area contributed by atoms with Crippen LogP contribution in [0.25, 0.3) is 5.82 Å². The Hall–Kier alpha value is -2.25. The Bertz CT molecular complexity index is 709. The summed E-state index contributed by atoms with van der Waals surface area (Å²) in [6.07, 6.45) is 8.29. The van der Waals surface area contributed by atoms with Gasteiger partial charge in [0.25, 0.3) is 5.91 Å². The van der Waals surface area contributed by atoms with Crippen molar-refractivity contribution >= 4 is 17.5 Å². The minimum Gasteiger partial charge on any atom is -0.349 e. The molecule has 0 aromatic carbocycles. The van der Waals surface area contributed by atoms with Crippen LogP contribution in [0.2, 0.25) is 5.02 Å². The van der Waals surface area contributed by atoms with Crippen molar-refractivity contribution in [3.63, 3.8) is 0 Å². The molecule has 1 amide bonds. The maximum atomic E-state index is 12.4. The van der Waals surface area contributed by atoms with Gasteiger partial charge >= 0.3 is 0 Å². The van der Waals surface area contributed by atoms with E-state index < -0.39 is 0 Å². The van der Waals surface area contributed by atoms with Crippen LogP contribution < -0.4 is 5.32 Å². The largest absolute Gasteiger partial charge is 0.349 e. The third-order valence-electron chi connectivity index (χ3n) is 4.06. The van der Waals surface area contributed by atoms with Gasteiger partial charge in [-0.2, -0.15) is 0 Å². The average molecular weight is 347 g/mol. The predicted octanol–water partition coefficient (Wildman–Crippen LogP) is 1.70. The van der Waals surface area contributed by atoms with E-state index in [-0.39, 0.29) is 11.9 Å². The molecule has 1 aliphatic rings. The average Bonchev–Trinajstić information content (AvgIpc) is 3.11. The monoisotopic (exact) mass is 346 g/mol. The summed E-state index contributed by atoms with van der Waals surface area (Å²) in [5, 5.41) is 10.9. The van der Waals surface area contributed by atoms with E-state index in [1.54, 1.807) is 10.6 Å². The van der Waals surface area contributed by atoms with Crippen molar-refractivity contribution in [2.45, 2.75) is 18.9 Å². The molecule has 1 fully saturated rings. The molecule has 3 rings (SSSR count). The summed E-state index contributed by atoms with van der Waals surface area (Å²) in [7, 11) is 0. The molecule has 126 valence electrons. The van der Waals surface area contributed by atoms with Crippen molar-refractivity contribution < 1.29 is 4.79 Å². The first-order valence-corrected chi connectivity index (χ1v) is 8.20. The van der Waals surface area contributed by atoms with Crippen molar-refractivity contribution in [3.05, 3.63) is 48.2 Å². The Labute approximate surface area is 145 Å². The van der Waals surface area contributed by atoms with Gasteiger partial charge in [-0.25, -0.2) is 4.98 Å². The maximum Gasteiger partial charge on any atom is 0.253 e. The van der Waals surface area contributed by atoms with Gasteiger partial charge in [-0.3, -0.25) is 14.3 Å². The number of rotatable bonds is 5. The molecule has 0 bridgehead atoms. The highest BCUT2D eigenvalue weighted by molar-refractivity contribution is 6.32. The second-order valence-corrected chi connectivity index (χ2v) is 6.14. The van der Waals surface area contributed by atoms with Gasteiger partial charge in [0.2, 0.25) is 0 Å². The number of halogens is 1. The first-order chi connectivity index (χ1) is 11.7. The molecule has 2 aromatic rings. The van der Waals surface area contributed by atoms with Gasteiger partial charge in [0.15, 0.2) is 5.82 Å². The zero-order chi connectivity index (χ0) is 16.9. The van der Waals surface area contributed by atoms with Crippen LogP contribution in [-0.2, 0) is 0 Å². The zero-order valence-corrected chi connectivity index (χ0v) is 14.0. The van der Waals surface area contributed by atoms with Crippen molar-refractivity contribution in [3.8, 4) is 5.82 Å². The summed E-state index contributed by atoms with van der Waals surface area (Å²) in [5.74, 6) is 0.345. The van der Waals surface area contributed by atoms with E-state index in [0.29, 0.717) is 16.4 Å². The summed E-state index contributed by atoms with van der Waals surface area (Å²) in [4.78, 5) is 19.0. The van der Waals surface area contributed by atoms with E-state index in [9.17, 15) is 4.79 Å². The number of amides is 1. The summed E-state index contributed by atoms with van der Waals surface area (Å²) in [6, 6.07) is 1.79. The van der Waals surface area contributed by atoms with Crippen molar-refractivity contribution in [1.82, 2.24) is 30.0 Å². The molecule has 1 saturated heterocycles. The predicted molar refractivity (Wildman–Crippen MR) is 91.3 cm³/mol. The van der Waals surface area contributed by atoms with Crippen LogP contribution in [0.5, 0.6) is 0 Å². The molecule has 0 unspecified atom stereocenters. The highest BCUT2D eigenvalue weighted by Crippen LogP contribution is 2.19. The SMILES string of the molecule is C=CCN1CCC(NC(=O)c2cnc(-n3cnnc3)c(Cl)c2)CC1. The second-order valence-electron chi connectivity index (χ2n) is 5.74. The summed E-state index contributed by atoms with van der Waals surface area (Å²) in [6.45, 7) is 6.57. The van der Waals surface area contributed by atoms with Gasteiger partial charge in [0.1, 0.15) is 12.7 Å². The van der Waals surface area contributed by atoms with Gasteiger partial charge < -0.3 is 5.32 Å². The maximum absolute atomic E-state index is 12.4. The molecule has 8 heteroatoms. The van der Waals surface area contributed by atoms with E-state index >= 15 is 0 Å². The Morgan fingerprint density at radius 3 is 2.71 bits per heavy atom. The molecule has 0 aliphatic carbocycles. The van der Waals surface area contributed by atoms with Gasteiger partial charge in [0.05, 0.1) is 10.6 Å². The van der Waals surface area contributed by atoms with Crippen LogP contribution in [0.3, 0.4) is 0 Å². The molecule has 1 N–H and O–H groups in total. The molecular weight excluding hydrogens is 328 g/mol. The highest BCUT2D eigenvalue weighted by Gasteiger charge is 2.21. The van der Waals surface area contributed by atoms with Crippen LogP contribution in [0, 0.1) is 0 Å². The topological polar surface area (TPSA) is 75.9 Å². The fourth-order valence-corrected chi connectivity index (χ4v) is 3.03. The molecule has 7 nitrogen and oxygen atoms in total. The molecular formula is C16H19ClN6O. The normalized spacial score (nSPS) is 16.0. The minimum absolute atomic E-state index is 0.151. The van der Waals surface area contributed by atoms with Crippen LogP contribution in [-0.4, -0.2) is 56.2 Å². The van der Waals surface area contributed by atoms with Gasteiger partial charge in [0, 0.05) is 31.9 Å². The quantitative estimate of drug-likeness (QED) is 0.834. The Kier molecular flexibility index (Phi) is 5.22. The lowest BCUT2D eigenvalue weighted by Crippen LogP contribution is -2.44. The number of pyridine rings is 1. The fourth-order valence-electron chi connectivity index (χ4n) is 2.77. The highest BCUT2D eigenvalue weighted by atomic mass is 35.5. The Balaban J connectivity index is 1.62. The van der Waals surface area contributed by atoms with Crippen LogP contribution in [0.15, 0.2) is 37.6 Å². The zero-order valence-electron chi connectivity index (χ0n) is 13.2. The number of hydrogen-bond donors (Lipinski definition) is 1. The summed E-state index contributed by atoms with van der Waals surface area (Å²) in [5.41, 5.74) is 0.449. The van der Waals surface area contributed by atoms with E-state index in [1.807, 2.05) is 6.08 Å².